The summed E-state index contributed by atoms with van der Waals surface area (Å²) in [6, 6.07) is 13.5. The Morgan fingerprint density at radius 2 is 1.33 bits per heavy atom. The van der Waals surface area contributed by atoms with Gasteiger partial charge in [0.05, 0.1) is 37.6 Å². The molecule has 0 fully saturated rings. The lowest BCUT2D eigenvalue weighted by molar-refractivity contribution is -0.930. The molecular formula is C31H47N3S2+2. The standard InChI is InChI=1S/C31H47N3S2/c1-6-23-34(24-7-2,25-8-3)26-11-20-32-21-18-27(19-22-32)12-13-28-14-15-29(35-28)30-16-17-31(36-30)33(9-4)10-5/h12-19,21-22H,6-11,20,23-26H2,1-5H3/q+2. The molecule has 3 aromatic rings. The van der Waals surface area contributed by atoms with Gasteiger partial charge in [0.25, 0.3) is 0 Å². The van der Waals surface area contributed by atoms with E-state index in [1.807, 2.05) is 22.7 Å². The number of nitrogens with zero attached hydrogens (tertiary/aromatic N) is 3. The van der Waals surface area contributed by atoms with E-state index in [1.165, 1.54) is 81.5 Å². The fourth-order valence-electron chi connectivity index (χ4n) is 5.33. The van der Waals surface area contributed by atoms with E-state index in [0.717, 1.165) is 19.6 Å². The Balaban J connectivity index is 1.55. The van der Waals surface area contributed by atoms with Crippen LogP contribution in [0.5, 0.6) is 0 Å². The van der Waals surface area contributed by atoms with E-state index < -0.39 is 0 Å². The molecular weight excluding hydrogens is 478 g/mol. The first-order valence-corrected chi connectivity index (χ1v) is 15.7. The smallest absolute Gasteiger partial charge is 0.169 e. The summed E-state index contributed by atoms with van der Waals surface area (Å²) < 4.78 is 3.65. The number of thiophene rings is 2. The minimum Gasteiger partial charge on any atom is -0.364 e. The maximum Gasteiger partial charge on any atom is 0.169 e. The summed E-state index contributed by atoms with van der Waals surface area (Å²) in [7, 11) is 0. The predicted molar refractivity (Wildman–Crippen MR) is 162 cm³/mol. The average Bonchev–Trinajstić information content (AvgIpc) is 3.55. The minimum atomic E-state index is 1.06. The zero-order valence-corrected chi connectivity index (χ0v) is 24.8. The fourth-order valence-corrected chi connectivity index (χ4v) is 7.46. The molecule has 0 aliphatic heterocycles. The molecule has 0 atom stereocenters. The van der Waals surface area contributed by atoms with Crippen molar-refractivity contribution < 1.29 is 9.05 Å². The van der Waals surface area contributed by atoms with Gasteiger partial charge >= 0.3 is 0 Å². The van der Waals surface area contributed by atoms with Gasteiger partial charge in [-0.15, -0.1) is 22.7 Å². The Bertz CT molecular complexity index is 1030. The van der Waals surface area contributed by atoms with Crippen molar-refractivity contribution in [2.45, 2.75) is 66.8 Å². The molecule has 0 saturated carbocycles. The zero-order chi connectivity index (χ0) is 25.8. The molecule has 5 heteroatoms. The molecule has 0 saturated heterocycles. The van der Waals surface area contributed by atoms with E-state index in [0.29, 0.717) is 0 Å². The monoisotopic (exact) mass is 525 g/mol. The van der Waals surface area contributed by atoms with Crippen LogP contribution in [0.25, 0.3) is 21.9 Å². The van der Waals surface area contributed by atoms with Crippen LogP contribution in [0.2, 0.25) is 0 Å². The average molecular weight is 526 g/mol. The summed E-state index contributed by atoms with van der Waals surface area (Å²) >= 11 is 3.77. The number of aryl methyl sites for hydroxylation is 1. The Morgan fingerprint density at radius 1 is 0.722 bits per heavy atom. The van der Waals surface area contributed by atoms with E-state index in [-0.39, 0.29) is 0 Å². The highest BCUT2D eigenvalue weighted by Gasteiger charge is 2.24. The van der Waals surface area contributed by atoms with E-state index >= 15 is 0 Å². The molecule has 0 N–H and O–H groups in total. The molecule has 0 spiro atoms. The first-order valence-electron chi connectivity index (χ1n) is 14.0. The number of anilines is 1. The number of pyridine rings is 1. The Hall–Kier alpha value is -1.95. The molecule has 0 radical (unpaired) electrons. The largest absolute Gasteiger partial charge is 0.364 e. The molecule has 0 unspecified atom stereocenters. The van der Waals surface area contributed by atoms with Gasteiger partial charge in [-0.3, -0.25) is 0 Å². The zero-order valence-electron chi connectivity index (χ0n) is 23.2. The molecule has 0 aromatic carbocycles. The van der Waals surface area contributed by atoms with Crippen LogP contribution in [-0.4, -0.2) is 43.8 Å². The third-order valence-electron chi connectivity index (χ3n) is 7.04. The van der Waals surface area contributed by atoms with Gasteiger partial charge in [0, 0.05) is 39.9 Å². The van der Waals surface area contributed by atoms with Crippen molar-refractivity contribution in [2.75, 3.05) is 44.2 Å². The highest BCUT2D eigenvalue weighted by Crippen LogP contribution is 2.37. The van der Waals surface area contributed by atoms with Crippen LogP contribution >= 0.6 is 22.7 Å². The topological polar surface area (TPSA) is 7.12 Å². The lowest BCUT2D eigenvalue weighted by atomic mass is 10.2. The quantitative estimate of drug-likeness (QED) is 0.135. The van der Waals surface area contributed by atoms with Crippen LogP contribution < -0.4 is 9.47 Å². The highest BCUT2D eigenvalue weighted by molar-refractivity contribution is 7.24. The lowest BCUT2D eigenvalue weighted by Gasteiger charge is -2.38. The second-order valence-electron chi connectivity index (χ2n) is 9.80. The van der Waals surface area contributed by atoms with Gasteiger partial charge < -0.3 is 9.38 Å². The van der Waals surface area contributed by atoms with Crippen LogP contribution in [0.1, 0.15) is 70.7 Å². The second kappa shape index (κ2) is 14.7. The number of hydrogen-bond acceptors (Lipinski definition) is 3. The Morgan fingerprint density at radius 3 is 1.94 bits per heavy atom. The Kier molecular flexibility index (Phi) is 11.7. The van der Waals surface area contributed by atoms with Gasteiger partial charge in [-0.2, -0.15) is 0 Å². The van der Waals surface area contributed by atoms with Crippen LogP contribution in [0, 0.1) is 0 Å². The molecule has 0 aliphatic rings. The summed E-state index contributed by atoms with van der Waals surface area (Å²) in [5, 5.41) is 1.36. The van der Waals surface area contributed by atoms with E-state index in [9.17, 15) is 0 Å². The molecule has 3 heterocycles. The third kappa shape index (κ3) is 8.03. The van der Waals surface area contributed by atoms with Gasteiger partial charge in [-0.1, -0.05) is 26.8 Å². The van der Waals surface area contributed by atoms with Crippen molar-refractivity contribution in [2.24, 2.45) is 0 Å². The molecule has 0 bridgehead atoms. The summed E-state index contributed by atoms with van der Waals surface area (Å²) in [6.07, 6.45) is 14.1. The van der Waals surface area contributed by atoms with E-state index in [1.54, 1.807) is 0 Å². The number of aromatic nitrogens is 1. The number of quaternary nitrogens is 1. The highest BCUT2D eigenvalue weighted by atomic mass is 32.1. The molecule has 36 heavy (non-hydrogen) atoms. The summed E-state index contributed by atoms with van der Waals surface area (Å²) in [5.41, 5.74) is 1.26. The van der Waals surface area contributed by atoms with E-state index in [2.05, 4.69) is 105 Å². The second-order valence-corrected chi connectivity index (χ2v) is 12.0. The summed E-state index contributed by atoms with van der Waals surface area (Å²) in [4.78, 5) is 6.44. The van der Waals surface area contributed by atoms with Gasteiger partial charge in [0.2, 0.25) is 0 Å². The van der Waals surface area contributed by atoms with Crippen molar-refractivity contribution in [3.8, 4) is 9.75 Å². The first kappa shape index (κ1) is 28.6. The lowest BCUT2D eigenvalue weighted by Crippen LogP contribution is -2.51. The maximum atomic E-state index is 2.42. The third-order valence-corrected chi connectivity index (χ3v) is 9.43. The predicted octanol–water partition coefficient (Wildman–Crippen LogP) is 8.22. The van der Waals surface area contributed by atoms with Gasteiger partial charge in [-0.05, 0) is 69.0 Å². The van der Waals surface area contributed by atoms with Crippen LogP contribution in [0.4, 0.5) is 5.00 Å². The van der Waals surface area contributed by atoms with Crippen LogP contribution in [-0.2, 0) is 6.54 Å². The normalized spacial score (nSPS) is 12.0. The van der Waals surface area contributed by atoms with Crippen molar-refractivity contribution in [1.29, 1.82) is 0 Å². The first-order chi connectivity index (χ1) is 17.6. The molecule has 196 valence electrons. The van der Waals surface area contributed by atoms with Crippen molar-refractivity contribution in [3.05, 3.63) is 59.2 Å². The maximum absolute atomic E-state index is 2.42. The molecule has 0 aliphatic carbocycles. The van der Waals surface area contributed by atoms with E-state index in [4.69, 9.17) is 0 Å². The van der Waals surface area contributed by atoms with Gasteiger partial charge in [0.1, 0.15) is 0 Å². The molecule has 3 nitrogen and oxygen atoms in total. The molecule has 3 aromatic heterocycles. The van der Waals surface area contributed by atoms with Gasteiger partial charge in [0.15, 0.2) is 18.9 Å². The summed E-state index contributed by atoms with van der Waals surface area (Å²) in [5.74, 6) is 0. The van der Waals surface area contributed by atoms with Gasteiger partial charge in [-0.25, -0.2) is 4.57 Å². The van der Waals surface area contributed by atoms with Crippen molar-refractivity contribution >= 4 is 39.8 Å². The summed E-state index contributed by atoms with van der Waals surface area (Å²) in [6.45, 7) is 19.9. The molecule has 0 amide bonds. The SMILES string of the molecule is CCC[N+](CCC)(CCC)CCC[n+]1ccc(C=Cc2ccc(-c3ccc(N(CC)CC)s3)s2)cc1. The Labute approximate surface area is 228 Å². The van der Waals surface area contributed by atoms with Crippen molar-refractivity contribution in [3.63, 3.8) is 0 Å². The van der Waals surface area contributed by atoms with Crippen LogP contribution in [0.3, 0.4) is 0 Å². The fraction of sp³-hybridized carbons (Fsp3) is 0.516. The number of rotatable bonds is 16. The van der Waals surface area contributed by atoms with Crippen molar-refractivity contribution in [1.82, 2.24) is 0 Å². The minimum absolute atomic E-state index is 1.06. The molecule has 3 rings (SSSR count). The number of hydrogen-bond donors (Lipinski definition) is 0. The van der Waals surface area contributed by atoms with Crippen LogP contribution in [0.15, 0.2) is 48.8 Å².